The van der Waals surface area contributed by atoms with Gasteiger partial charge in [-0.3, -0.25) is 4.79 Å². The van der Waals surface area contributed by atoms with E-state index in [1.54, 1.807) is 31.2 Å². The van der Waals surface area contributed by atoms with E-state index in [9.17, 15) is 9.59 Å². The molecular weight excluding hydrogens is 420 g/mol. The van der Waals surface area contributed by atoms with E-state index in [4.69, 9.17) is 14.0 Å². The summed E-state index contributed by atoms with van der Waals surface area (Å²) in [6.07, 6.45) is 2.01. The molecule has 0 unspecified atom stereocenters. The molecule has 0 fully saturated rings. The number of fused-ring (bicyclic) bond motifs is 1. The van der Waals surface area contributed by atoms with Crippen LogP contribution < -0.4 is 10.1 Å². The lowest BCUT2D eigenvalue weighted by atomic mass is 9.87. The van der Waals surface area contributed by atoms with E-state index >= 15 is 0 Å². The third kappa shape index (κ3) is 5.25. The van der Waals surface area contributed by atoms with Crippen LogP contribution in [-0.2, 0) is 22.6 Å². The summed E-state index contributed by atoms with van der Waals surface area (Å²) >= 11 is 0. The van der Waals surface area contributed by atoms with Crippen LogP contribution in [-0.4, -0.2) is 23.1 Å². The summed E-state index contributed by atoms with van der Waals surface area (Å²) in [5, 5.41) is 6.94. The first-order valence-electron chi connectivity index (χ1n) is 11.2. The zero-order valence-corrected chi connectivity index (χ0v) is 19.1. The van der Waals surface area contributed by atoms with Crippen molar-refractivity contribution in [1.29, 1.82) is 0 Å². The number of esters is 1. The summed E-state index contributed by atoms with van der Waals surface area (Å²) in [6, 6.07) is 14.7. The Morgan fingerprint density at radius 1 is 1.15 bits per heavy atom. The molecule has 0 radical (unpaired) electrons. The summed E-state index contributed by atoms with van der Waals surface area (Å²) in [4.78, 5) is 25.2. The van der Waals surface area contributed by atoms with Crippen LogP contribution in [0.2, 0.25) is 0 Å². The monoisotopic (exact) mass is 448 g/mol. The quantitative estimate of drug-likeness (QED) is 0.531. The first kappa shape index (κ1) is 22.6. The van der Waals surface area contributed by atoms with Crippen molar-refractivity contribution >= 4 is 11.9 Å². The summed E-state index contributed by atoms with van der Waals surface area (Å²) < 4.78 is 16.3. The van der Waals surface area contributed by atoms with Crippen molar-refractivity contribution < 1.29 is 23.6 Å². The fraction of sp³-hybridized carbons (Fsp3) is 0.346. The molecule has 0 bridgehead atoms. The molecule has 0 saturated carbocycles. The second-order valence-electron chi connectivity index (χ2n) is 8.32. The van der Waals surface area contributed by atoms with Crippen molar-refractivity contribution in [2.24, 2.45) is 0 Å². The van der Waals surface area contributed by atoms with E-state index in [0.29, 0.717) is 17.9 Å². The normalized spacial score (nSPS) is 15.9. The molecule has 7 nitrogen and oxygen atoms in total. The van der Waals surface area contributed by atoms with Crippen LogP contribution in [0.5, 0.6) is 5.75 Å². The zero-order chi connectivity index (χ0) is 23.4. The molecule has 0 spiro atoms. The van der Waals surface area contributed by atoms with Crippen molar-refractivity contribution in [3.05, 3.63) is 82.2 Å². The van der Waals surface area contributed by atoms with Crippen LogP contribution in [0, 0.1) is 13.8 Å². The molecule has 1 N–H and O–H groups in total. The van der Waals surface area contributed by atoms with Gasteiger partial charge in [0, 0.05) is 0 Å². The van der Waals surface area contributed by atoms with Crippen LogP contribution in [0.4, 0.5) is 0 Å². The zero-order valence-electron chi connectivity index (χ0n) is 19.1. The minimum absolute atomic E-state index is 0.0577. The van der Waals surface area contributed by atoms with Gasteiger partial charge in [0.1, 0.15) is 18.1 Å². The molecule has 33 heavy (non-hydrogen) atoms. The van der Waals surface area contributed by atoms with Gasteiger partial charge < -0.3 is 19.3 Å². The number of rotatable bonds is 7. The number of carbonyl (C=O) groups excluding carboxylic acids is 2. The number of carbonyl (C=O) groups is 2. The van der Waals surface area contributed by atoms with Gasteiger partial charge in [-0.25, -0.2) is 4.79 Å². The summed E-state index contributed by atoms with van der Waals surface area (Å²) in [5.41, 5.74) is 4.44. The van der Waals surface area contributed by atoms with E-state index in [2.05, 4.69) is 16.5 Å². The average Bonchev–Trinajstić information content (AvgIpc) is 3.15. The summed E-state index contributed by atoms with van der Waals surface area (Å²) in [5.74, 6) is 0.466. The molecule has 7 heteroatoms. The molecule has 1 aliphatic carbocycles. The second-order valence-corrected chi connectivity index (χ2v) is 8.32. The average molecular weight is 449 g/mol. The van der Waals surface area contributed by atoms with Gasteiger partial charge in [-0.2, -0.15) is 0 Å². The molecule has 3 aromatic rings. The molecule has 0 saturated heterocycles. The lowest BCUT2D eigenvalue weighted by Crippen LogP contribution is -2.39. The van der Waals surface area contributed by atoms with Gasteiger partial charge in [-0.05, 0) is 75.4 Å². The Kier molecular flexibility index (Phi) is 6.77. The molecule has 1 amide bonds. The number of aromatic nitrogens is 1. The van der Waals surface area contributed by atoms with Crippen molar-refractivity contribution in [3.8, 4) is 5.75 Å². The molecular formula is C26H28N2O5. The Morgan fingerprint density at radius 2 is 1.91 bits per heavy atom. The highest BCUT2D eigenvalue weighted by molar-refractivity contribution is 5.92. The van der Waals surface area contributed by atoms with E-state index < -0.39 is 12.1 Å². The maximum atomic E-state index is 12.7. The Bertz CT molecular complexity index is 1120. The molecule has 172 valence electrons. The minimum Gasteiger partial charge on any atom is -0.489 e. The number of hydrogen-bond acceptors (Lipinski definition) is 6. The van der Waals surface area contributed by atoms with Crippen LogP contribution in [0.1, 0.15) is 64.3 Å². The molecule has 1 heterocycles. The van der Waals surface area contributed by atoms with Crippen molar-refractivity contribution in [2.75, 3.05) is 0 Å². The van der Waals surface area contributed by atoms with Gasteiger partial charge in [-0.1, -0.05) is 29.4 Å². The highest BCUT2D eigenvalue weighted by Gasteiger charge is 2.25. The van der Waals surface area contributed by atoms with Gasteiger partial charge in [-0.15, -0.1) is 0 Å². The number of nitrogens with zero attached hydrogens (tertiary/aromatic N) is 1. The predicted molar refractivity (Wildman–Crippen MR) is 122 cm³/mol. The van der Waals surface area contributed by atoms with Crippen molar-refractivity contribution in [1.82, 2.24) is 10.5 Å². The SMILES string of the molecule is Cc1noc(C)c1COc1ccc(C(=O)O[C@H](C)C(=O)N[C@H]2CCCc3ccccc32)cc1. The number of nitrogens with one attached hydrogen (secondary N) is 1. The molecule has 4 rings (SSSR count). The van der Waals surface area contributed by atoms with E-state index in [0.717, 1.165) is 41.8 Å². The summed E-state index contributed by atoms with van der Waals surface area (Å²) in [7, 11) is 0. The topological polar surface area (TPSA) is 90.7 Å². The first-order chi connectivity index (χ1) is 15.9. The van der Waals surface area contributed by atoms with Crippen LogP contribution in [0.25, 0.3) is 0 Å². The fourth-order valence-corrected chi connectivity index (χ4v) is 4.03. The standard InChI is InChI=1S/C26H28N2O5/c1-16-23(17(2)33-28-16)15-31-21-13-11-20(12-14-21)26(30)32-18(3)25(29)27-24-10-6-8-19-7-4-5-9-22(19)24/h4-5,7,9,11-14,18,24H,6,8,10,15H2,1-3H3,(H,27,29)/t18-,24+/m1/s1. The highest BCUT2D eigenvalue weighted by Crippen LogP contribution is 2.29. The predicted octanol–water partition coefficient (Wildman–Crippen LogP) is 4.61. The number of hydrogen-bond donors (Lipinski definition) is 1. The largest absolute Gasteiger partial charge is 0.489 e. The van der Waals surface area contributed by atoms with Gasteiger partial charge in [0.25, 0.3) is 5.91 Å². The van der Waals surface area contributed by atoms with Crippen molar-refractivity contribution in [2.45, 2.75) is 58.8 Å². The van der Waals surface area contributed by atoms with E-state index in [1.807, 2.05) is 32.0 Å². The summed E-state index contributed by atoms with van der Waals surface area (Å²) in [6.45, 7) is 5.61. The Labute approximate surface area is 193 Å². The lowest BCUT2D eigenvalue weighted by Gasteiger charge is -2.27. The Balaban J connectivity index is 1.31. The van der Waals surface area contributed by atoms with Gasteiger partial charge in [0.2, 0.25) is 0 Å². The third-order valence-corrected chi connectivity index (χ3v) is 5.99. The van der Waals surface area contributed by atoms with E-state index in [-0.39, 0.29) is 11.9 Å². The Morgan fingerprint density at radius 3 is 2.64 bits per heavy atom. The highest BCUT2D eigenvalue weighted by atomic mass is 16.5. The lowest BCUT2D eigenvalue weighted by molar-refractivity contribution is -0.130. The molecule has 0 aliphatic heterocycles. The van der Waals surface area contributed by atoms with Gasteiger partial charge in [0.05, 0.1) is 22.9 Å². The van der Waals surface area contributed by atoms with E-state index in [1.165, 1.54) is 5.56 Å². The number of ether oxygens (including phenoxy) is 2. The number of benzene rings is 2. The van der Waals surface area contributed by atoms with Gasteiger partial charge >= 0.3 is 5.97 Å². The Hall–Kier alpha value is -3.61. The van der Waals surface area contributed by atoms with Crippen LogP contribution in [0.3, 0.4) is 0 Å². The maximum Gasteiger partial charge on any atom is 0.338 e. The molecule has 1 aromatic heterocycles. The first-order valence-corrected chi connectivity index (χ1v) is 11.2. The van der Waals surface area contributed by atoms with Crippen LogP contribution >= 0.6 is 0 Å². The fourth-order valence-electron chi connectivity index (χ4n) is 4.03. The van der Waals surface area contributed by atoms with Crippen LogP contribution in [0.15, 0.2) is 53.1 Å². The molecule has 1 aliphatic rings. The van der Waals surface area contributed by atoms with Crippen molar-refractivity contribution in [3.63, 3.8) is 0 Å². The smallest absolute Gasteiger partial charge is 0.338 e. The number of aryl methyl sites for hydroxylation is 3. The second kappa shape index (κ2) is 9.90. The third-order valence-electron chi connectivity index (χ3n) is 5.99. The van der Waals surface area contributed by atoms with Gasteiger partial charge in [0.15, 0.2) is 6.10 Å². The minimum atomic E-state index is -0.901. The maximum absolute atomic E-state index is 12.7. The molecule has 2 aromatic carbocycles. The molecule has 2 atom stereocenters. The number of amides is 1.